The maximum atomic E-state index is 12.6. The van der Waals surface area contributed by atoms with Crippen molar-refractivity contribution in [1.29, 1.82) is 0 Å². The summed E-state index contributed by atoms with van der Waals surface area (Å²) >= 11 is 0. The SMILES string of the molecule is NC1CC(C(=O)N2CCn3nc(CCC(=O)NC4CCCC4)cc3C2)NN1. The highest BCUT2D eigenvalue weighted by Gasteiger charge is 2.32. The lowest BCUT2D eigenvalue weighted by Crippen LogP contribution is -2.48. The number of aryl methyl sites for hydroxylation is 1. The van der Waals surface area contributed by atoms with Crippen molar-refractivity contribution in [3.05, 3.63) is 17.5 Å². The Morgan fingerprint density at radius 2 is 2.07 bits per heavy atom. The molecule has 3 heterocycles. The second-order valence-electron chi connectivity index (χ2n) is 7.84. The van der Waals surface area contributed by atoms with E-state index in [4.69, 9.17) is 5.73 Å². The van der Waals surface area contributed by atoms with Gasteiger partial charge in [0.25, 0.3) is 0 Å². The molecule has 3 aliphatic rings. The first-order valence-corrected chi connectivity index (χ1v) is 9.99. The highest BCUT2D eigenvalue weighted by Crippen LogP contribution is 2.19. The van der Waals surface area contributed by atoms with Gasteiger partial charge in [-0.15, -0.1) is 0 Å². The summed E-state index contributed by atoms with van der Waals surface area (Å²) in [6.07, 6.45) is 6.14. The molecule has 148 valence electrons. The van der Waals surface area contributed by atoms with Gasteiger partial charge >= 0.3 is 0 Å². The molecule has 1 saturated heterocycles. The molecule has 4 rings (SSSR count). The quantitative estimate of drug-likeness (QED) is 0.544. The van der Waals surface area contributed by atoms with Crippen LogP contribution in [-0.2, 0) is 29.1 Å². The van der Waals surface area contributed by atoms with Crippen LogP contribution in [0.4, 0.5) is 0 Å². The number of carbonyl (C=O) groups is 2. The van der Waals surface area contributed by atoms with E-state index in [0.29, 0.717) is 44.9 Å². The largest absolute Gasteiger partial charge is 0.353 e. The van der Waals surface area contributed by atoms with Gasteiger partial charge in [-0.25, -0.2) is 10.9 Å². The number of nitrogens with zero attached hydrogens (tertiary/aromatic N) is 3. The van der Waals surface area contributed by atoms with Gasteiger partial charge in [0.05, 0.1) is 30.6 Å². The van der Waals surface area contributed by atoms with E-state index >= 15 is 0 Å². The molecule has 1 saturated carbocycles. The Morgan fingerprint density at radius 3 is 2.81 bits per heavy atom. The summed E-state index contributed by atoms with van der Waals surface area (Å²) in [5, 5.41) is 7.73. The van der Waals surface area contributed by atoms with Crippen molar-refractivity contribution in [2.75, 3.05) is 6.54 Å². The van der Waals surface area contributed by atoms with Gasteiger partial charge in [-0.05, 0) is 18.9 Å². The van der Waals surface area contributed by atoms with Gasteiger partial charge in [-0.3, -0.25) is 14.3 Å². The van der Waals surface area contributed by atoms with Crippen molar-refractivity contribution in [1.82, 2.24) is 30.8 Å². The average Bonchev–Trinajstić information content (AvgIpc) is 3.39. The molecule has 1 aromatic rings. The third-order valence-electron chi connectivity index (χ3n) is 5.72. The summed E-state index contributed by atoms with van der Waals surface area (Å²) in [4.78, 5) is 26.6. The molecular weight excluding hydrogens is 346 g/mol. The minimum atomic E-state index is -0.270. The van der Waals surface area contributed by atoms with Gasteiger partial charge in [-0.1, -0.05) is 12.8 Å². The Kier molecular flexibility index (Phi) is 5.42. The van der Waals surface area contributed by atoms with Gasteiger partial charge in [0.1, 0.15) is 6.04 Å². The summed E-state index contributed by atoms with van der Waals surface area (Å²) in [6, 6.07) is 2.11. The van der Waals surface area contributed by atoms with Crippen LogP contribution in [0.2, 0.25) is 0 Å². The maximum Gasteiger partial charge on any atom is 0.241 e. The van der Waals surface area contributed by atoms with Gasteiger partial charge in [-0.2, -0.15) is 5.10 Å². The molecule has 2 unspecified atom stereocenters. The predicted molar refractivity (Wildman–Crippen MR) is 99.0 cm³/mol. The highest BCUT2D eigenvalue weighted by atomic mass is 16.2. The molecule has 0 aromatic carbocycles. The zero-order chi connectivity index (χ0) is 18.8. The first-order valence-electron chi connectivity index (χ1n) is 9.99. The molecule has 0 spiro atoms. The number of hydrazine groups is 1. The van der Waals surface area contributed by atoms with Crippen molar-refractivity contribution in [2.45, 2.75) is 76.3 Å². The first kappa shape index (κ1) is 18.4. The minimum Gasteiger partial charge on any atom is -0.353 e. The van der Waals surface area contributed by atoms with Crippen LogP contribution >= 0.6 is 0 Å². The van der Waals surface area contributed by atoms with E-state index in [1.54, 1.807) is 0 Å². The number of aromatic nitrogens is 2. The van der Waals surface area contributed by atoms with E-state index in [1.807, 2.05) is 15.6 Å². The molecule has 0 radical (unpaired) electrons. The van der Waals surface area contributed by atoms with E-state index in [9.17, 15) is 9.59 Å². The summed E-state index contributed by atoms with van der Waals surface area (Å²) < 4.78 is 1.96. The van der Waals surface area contributed by atoms with Crippen LogP contribution in [0, 0.1) is 0 Å². The van der Waals surface area contributed by atoms with Gasteiger partial charge in [0, 0.05) is 31.8 Å². The summed E-state index contributed by atoms with van der Waals surface area (Å²) in [6.45, 7) is 1.87. The fraction of sp³-hybridized carbons (Fsp3) is 0.722. The van der Waals surface area contributed by atoms with Crippen LogP contribution in [0.1, 0.15) is 49.9 Å². The third-order valence-corrected chi connectivity index (χ3v) is 5.72. The predicted octanol–water partition coefficient (Wildman–Crippen LogP) is -0.632. The number of nitrogens with one attached hydrogen (secondary N) is 3. The number of fused-ring (bicyclic) bond motifs is 1. The molecule has 2 amide bonds. The van der Waals surface area contributed by atoms with Crippen LogP contribution in [0.3, 0.4) is 0 Å². The van der Waals surface area contributed by atoms with Crippen molar-refractivity contribution < 1.29 is 9.59 Å². The van der Waals surface area contributed by atoms with Crippen molar-refractivity contribution in [2.24, 2.45) is 5.73 Å². The molecule has 5 N–H and O–H groups in total. The first-order chi connectivity index (χ1) is 13.1. The number of amides is 2. The summed E-state index contributed by atoms with van der Waals surface area (Å²) in [5.74, 6) is 0.182. The molecule has 2 aliphatic heterocycles. The number of hydrogen-bond donors (Lipinski definition) is 4. The van der Waals surface area contributed by atoms with Crippen LogP contribution in [0.25, 0.3) is 0 Å². The Morgan fingerprint density at radius 1 is 1.26 bits per heavy atom. The number of carbonyl (C=O) groups excluding carboxylic acids is 2. The Hall–Kier alpha value is -1.97. The van der Waals surface area contributed by atoms with Crippen molar-refractivity contribution >= 4 is 11.8 Å². The molecule has 0 bridgehead atoms. The van der Waals surface area contributed by atoms with Crippen molar-refractivity contribution in [3.8, 4) is 0 Å². The zero-order valence-electron chi connectivity index (χ0n) is 15.6. The van der Waals surface area contributed by atoms with E-state index < -0.39 is 0 Å². The highest BCUT2D eigenvalue weighted by molar-refractivity contribution is 5.82. The molecule has 1 aromatic heterocycles. The standard InChI is InChI=1S/C18H29N7O2/c19-16-10-15(21-22-16)18(27)24-7-8-25-14(11-24)9-13(23-25)5-6-17(26)20-12-3-1-2-4-12/h9,12,15-16,21-22H,1-8,10-11,19H2,(H,20,26). The van der Waals surface area contributed by atoms with Gasteiger partial charge in [0.15, 0.2) is 0 Å². The summed E-state index contributed by atoms with van der Waals surface area (Å²) in [7, 11) is 0. The summed E-state index contributed by atoms with van der Waals surface area (Å²) in [5.41, 5.74) is 13.6. The number of hydrogen-bond acceptors (Lipinski definition) is 6. The van der Waals surface area contributed by atoms with Crippen LogP contribution in [0.15, 0.2) is 6.07 Å². The fourth-order valence-corrected chi connectivity index (χ4v) is 4.21. The number of nitrogens with two attached hydrogens (primary N) is 1. The Labute approximate surface area is 159 Å². The molecule has 9 heteroatoms. The normalized spacial score (nSPS) is 25.6. The van der Waals surface area contributed by atoms with Crippen molar-refractivity contribution in [3.63, 3.8) is 0 Å². The van der Waals surface area contributed by atoms with E-state index in [0.717, 1.165) is 24.2 Å². The van der Waals surface area contributed by atoms with E-state index in [2.05, 4.69) is 21.3 Å². The van der Waals surface area contributed by atoms with Crippen LogP contribution < -0.4 is 21.9 Å². The van der Waals surface area contributed by atoms with Gasteiger partial charge < -0.3 is 16.0 Å². The molecule has 2 atom stereocenters. The number of rotatable bonds is 5. The zero-order valence-corrected chi connectivity index (χ0v) is 15.6. The molecule has 27 heavy (non-hydrogen) atoms. The molecule has 2 fully saturated rings. The minimum absolute atomic E-state index is 0.0698. The van der Waals surface area contributed by atoms with E-state index in [1.165, 1.54) is 12.8 Å². The lowest BCUT2D eigenvalue weighted by atomic mass is 10.1. The smallest absolute Gasteiger partial charge is 0.241 e. The van der Waals surface area contributed by atoms with E-state index in [-0.39, 0.29) is 24.0 Å². The second kappa shape index (κ2) is 7.95. The average molecular weight is 375 g/mol. The Balaban J connectivity index is 1.29. The topological polar surface area (TPSA) is 117 Å². The second-order valence-corrected chi connectivity index (χ2v) is 7.84. The lowest BCUT2D eigenvalue weighted by molar-refractivity contribution is -0.134. The fourth-order valence-electron chi connectivity index (χ4n) is 4.21. The molecule has 1 aliphatic carbocycles. The Bertz CT molecular complexity index is 698. The van der Waals surface area contributed by atoms with Crippen LogP contribution in [0.5, 0.6) is 0 Å². The molecular formula is C18H29N7O2. The maximum absolute atomic E-state index is 12.6. The van der Waals surface area contributed by atoms with Crippen LogP contribution in [-0.4, -0.2) is 51.3 Å². The third kappa shape index (κ3) is 4.31. The lowest BCUT2D eigenvalue weighted by Gasteiger charge is -2.29. The molecule has 9 nitrogen and oxygen atoms in total. The van der Waals surface area contributed by atoms with Gasteiger partial charge in [0.2, 0.25) is 11.8 Å². The monoisotopic (exact) mass is 375 g/mol.